The monoisotopic (exact) mass is 476 g/mol. The highest BCUT2D eigenvalue weighted by Gasteiger charge is 2.18. The van der Waals surface area contributed by atoms with E-state index in [-0.39, 0.29) is 24.4 Å². The van der Waals surface area contributed by atoms with Gasteiger partial charge in [0, 0.05) is 37.2 Å². The van der Waals surface area contributed by atoms with Gasteiger partial charge in [0.25, 0.3) is 5.56 Å². The highest BCUT2D eigenvalue weighted by atomic mass is 35.5. The first-order valence-electron chi connectivity index (χ1n) is 11.5. The van der Waals surface area contributed by atoms with E-state index in [9.17, 15) is 9.59 Å². The Kier molecular flexibility index (Phi) is 6.15. The zero-order chi connectivity index (χ0) is 23.7. The van der Waals surface area contributed by atoms with E-state index in [1.165, 1.54) is 17.3 Å². The maximum absolute atomic E-state index is 12.8. The molecule has 0 atom stereocenters. The summed E-state index contributed by atoms with van der Waals surface area (Å²) < 4.78 is 3.60. The summed E-state index contributed by atoms with van der Waals surface area (Å²) in [6.07, 6.45) is 5.90. The van der Waals surface area contributed by atoms with Crippen LogP contribution in [-0.2, 0) is 24.3 Å². The van der Waals surface area contributed by atoms with Crippen molar-refractivity contribution in [1.82, 2.24) is 24.3 Å². The lowest BCUT2D eigenvalue weighted by molar-refractivity contribution is -0.116. The molecule has 0 aliphatic carbocycles. The third kappa shape index (κ3) is 4.33. The second-order valence-electron chi connectivity index (χ2n) is 8.61. The van der Waals surface area contributed by atoms with Crippen molar-refractivity contribution in [3.8, 4) is 11.4 Å². The van der Waals surface area contributed by atoms with Crippen molar-refractivity contribution in [2.75, 3.05) is 5.32 Å². The lowest BCUT2D eigenvalue weighted by Crippen LogP contribution is -2.23. The summed E-state index contributed by atoms with van der Waals surface area (Å²) >= 11 is 6.49. The molecule has 1 amide bonds. The number of halogens is 1. The van der Waals surface area contributed by atoms with Gasteiger partial charge in [-0.3, -0.25) is 14.2 Å². The molecule has 34 heavy (non-hydrogen) atoms. The van der Waals surface area contributed by atoms with E-state index in [1.54, 1.807) is 18.2 Å². The van der Waals surface area contributed by atoms with Crippen LogP contribution < -0.4 is 10.9 Å². The Morgan fingerprint density at radius 1 is 1.15 bits per heavy atom. The van der Waals surface area contributed by atoms with Gasteiger partial charge in [0.2, 0.25) is 5.91 Å². The van der Waals surface area contributed by atoms with Crippen molar-refractivity contribution in [1.29, 1.82) is 0 Å². The largest absolute Gasteiger partial charge is 0.326 e. The van der Waals surface area contributed by atoms with Crippen LogP contribution in [0.25, 0.3) is 22.3 Å². The number of aromatic nitrogens is 5. The zero-order valence-corrected chi connectivity index (χ0v) is 19.7. The summed E-state index contributed by atoms with van der Waals surface area (Å²) in [6, 6.07) is 10.9. The van der Waals surface area contributed by atoms with Crippen LogP contribution in [0.4, 0.5) is 5.69 Å². The molecule has 0 fully saturated rings. The van der Waals surface area contributed by atoms with Gasteiger partial charge in [0.05, 0.1) is 22.3 Å². The van der Waals surface area contributed by atoms with Crippen LogP contribution in [0.3, 0.4) is 0 Å². The maximum Gasteiger partial charge on any atom is 0.261 e. The van der Waals surface area contributed by atoms with Gasteiger partial charge in [-0.2, -0.15) is 0 Å². The number of carbonyl (C=O) groups is 1. The number of amides is 1. The normalized spacial score (nSPS) is 13.5. The van der Waals surface area contributed by atoms with Crippen molar-refractivity contribution in [3.05, 3.63) is 69.5 Å². The number of hydrogen-bond acceptors (Lipinski definition) is 5. The summed E-state index contributed by atoms with van der Waals surface area (Å²) in [6.45, 7) is 3.02. The summed E-state index contributed by atoms with van der Waals surface area (Å²) in [5, 5.41) is 12.7. The smallest absolute Gasteiger partial charge is 0.261 e. The number of aryl methyl sites for hydroxylation is 3. The first-order chi connectivity index (χ1) is 16.5. The molecule has 0 unspecified atom stereocenters. The van der Waals surface area contributed by atoms with E-state index in [2.05, 4.69) is 25.1 Å². The van der Waals surface area contributed by atoms with Gasteiger partial charge in [0.15, 0.2) is 5.82 Å². The van der Waals surface area contributed by atoms with E-state index in [1.807, 2.05) is 25.1 Å². The molecule has 8 nitrogen and oxygen atoms in total. The molecule has 1 aliphatic heterocycles. The van der Waals surface area contributed by atoms with Crippen molar-refractivity contribution >= 4 is 34.1 Å². The molecule has 0 radical (unpaired) electrons. The fourth-order valence-electron chi connectivity index (χ4n) is 4.40. The van der Waals surface area contributed by atoms with E-state index >= 15 is 0 Å². The molecule has 2 aromatic heterocycles. The fraction of sp³-hybridized carbons (Fsp3) is 0.320. The number of carbonyl (C=O) groups excluding carboxylic acids is 1. The van der Waals surface area contributed by atoms with Gasteiger partial charge in [-0.1, -0.05) is 30.2 Å². The molecule has 2 aromatic carbocycles. The quantitative estimate of drug-likeness (QED) is 0.461. The Morgan fingerprint density at radius 2 is 2.03 bits per heavy atom. The summed E-state index contributed by atoms with van der Waals surface area (Å²) in [5.41, 5.74) is 2.85. The number of para-hydroxylation sites is 1. The Labute approximate surface area is 201 Å². The van der Waals surface area contributed by atoms with Crippen molar-refractivity contribution in [3.63, 3.8) is 0 Å². The van der Waals surface area contributed by atoms with Crippen LogP contribution in [0, 0.1) is 6.92 Å². The SMILES string of the molecule is Cc1cccc2c(=O)n(CCC(=O)Nc3ccc(Cl)c(-c4nnc5n4CCCCC5)c3)cnc12. The molecule has 0 saturated heterocycles. The summed E-state index contributed by atoms with van der Waals surface area (Å²) in [5.74, 6) is 1.49. The van der Waals surface area contributed by atoms with Crippen molar-refractivity contribution in [2.24, 2.45) is 0 Å². The maximum atomic E-state index is 12.8. The molecule has 0 bridgehead atoms. The van der Waals surface area contributed by atoms with E-state index < -0.39 is 0 Å². The van der Waals surface area contributed by atoms with Crippen LogP contribution >= 0.6 is 11.6 Å². The molecule has 1 aliphatic rings. The molecule has 5 rings (SSSR count). The second kappa shape index (κ2) is 9.38. The van der Waals surface area contributed by atoms with Gasteiger partial charge in [-0.05, 0) is 49.6 Å². The average Bonchev–Trinajstić information content (AvgIpc) is 3.08. The van der Waals surface area contributed by atoms with Gasteiger partial charge in [-0.15, -0.1) is 10.2 Å². The third-order valence-electron chi connectivity index (χ3n) is 6.24. The molecule has 174 valence electrons. The molecule has 4 aromatic rings. The Bertz CT molecular complexity index is 1440. The number of nitrogens with one attached hydrogen (secondary N) is 1. The van der Waals surface area contributed by atoms with Crippen LogP contribution in [0.5, 0.6) is 0 Å². The second-order valence-corrected chi connectivity index (χ2v) is 9.02. The van der Waals surface area contributed by atoms with Crippen LogP contribution in [0.15, 0.2) is 47.5 Å². The van der Waals surface area contributed by atoms with Gasteiger partial charge < -0.3 is 9.88 Å². The first-order valence-corrected chi connectivity index (χ1v) is 11.9. The lowest BCUT2D eigenvalue weighted by atomic mass is 10.1. The molecule has 9 heteroatoms. The topological polar surface area (TPSA) is 94.7 Å². The Hall–Kier alpha value is -3.52. The molecule has 1 N–H and O–H groups in total. The van der Waals surface area contributed by atoms with Crippen LogP contribution in [0.1, 0.15) is 37.1 Å². The van der Waals surface area contributed by atoms with Gasteiger partial charge in [-0.25, -0.2) is 4.98 Å². The van der Waals surface area contributed by atoms with E-state index in [4.69, 9.17) is 11.6 Å². The van der Waals surface area contributed by atoms with Gasteiger partial charge >= 0.3 is 0 Å². The van der Waals surface area contributed by atoms with E-state index in [0.717, 1.165) is 48.6 Å². The van der Waals surface area contributed by atoms with Crippen molar-refractivity contribution in [2.45, 2.75) is 52.1 Å². The minimum absolute atomic E-state index is 0.136. The first kappa shape index (κ1) is 22.3. The average molecular weight is 477 g/mol. The van der Waals surface area contributed by atoms with Gasteiger partial charge in [0.1, 0.15) is 5.82 Å². The number of fused-ring (bicyclic) bond motifs is 2. The fourth-order valence-corrected chi connectivity index (χ4v) is 4.60. The summed E-state index contributed by atoms with van der Waals surface area (Å²) in [7, 11) is 0. The molecule has 0 saturated carbocycles. The number of hydrogen-bond donors (Lipinski definition) is 1. The molecular weight excluding hydrogens is 452 g/mol. The number of nitrogens with zero attached hydrogens (tertiary/aromatic N) is 5. The predicted molar refractivity (Wildman–Crippen MR) is 132 cm³/mol. The highest BCUT2D eigenvalue weighted by Crippen LogP contribution is 2.31. The lowest BCUT2D eigenvalue weighted by Gasteiger charge is -2.12. The highest BCUT2D eigenvalue weighted by molar-refractivity contribution is 6.33. The number of anilines is 1. The summed E-state index contributed by atoms with van der Waals surface area (Å²) in [4.78, 5) is 29.8. The minimum Gasteiger partial charge on any atom is -0.326 e. The number of benzene rings is 2. The predicted octanol–water partition coefficient (Wildman–Crippen LogP) is 4.37. The Balaban J connectivity index is 1.32. The standard InChI is InChI=1S/C25H25ClN6O2/c1-16-6-5-7-18-23(16)27-15-31(25(18)34)13-11-22(33)28-17-9-10-20(26)19(14-17)24-30-29-21-8-3-2-4-12-32(21)24/h5-7,9-10,14-15H,2-4,8,11-13H2,1H3,(H,28,33). The van der Waals surface area contributed by atoms with Crippen LogP contribution in [0.2, 0.25) is 5.02 Å². The zero-order valence-electron chi connectivity index (χ0n) is 18.9. The van der Waals surface area contributed by atoms with E-state index in [0.29, 0.717) is 21.6 Å². The third-order valence-corrected chi connectivity index (χ3v) is 6.57. The molecular formula is C25H25ClN6O2. The van der Waals surface area contributed by atoms with Crippen LogP contribution in [-0.4, -0.2) is 30.2 Å². The van der Waals surface area contributed by atoms with Crippen molar-refractivity contribution < 1.29 is 4.79 Å². The number of rotatable bonds is 5. The molecule has 0 spiro atoms. The molecule has 3 heterocycles. The minimum atomic E-state index is -0.204. The Morgan fingerprint density at radius 3 is 2.91 bits per heavy atom.